The van der Waals surface area contributed by atoms with Crippen LogP contribution in [0.4, 0.5) is 10.1 Å². The lowest BCUT2D eigenvalue weighted by Gasteiger charge is -2.14. The van der Waals surface area contributed by atoms with E-state index in [2.05, 4.69) is 5.32 Å². The summed E-state index contributed by atoms with van der Waals surface area (Å²) in [4.78, 5) is 38.6. The molecule has 1 fully saturated rings. The van der Waals surface area contributed by atoms with Gasteiger partial charge in [0.2, 0.25) is 5.91 Å². The summed E-state index contributed by atoms with van der Waals surface area (Å²) in [5.74, 6) is -0.988. The highest BCUT2D eigenvalue weighted by Crippen LogP contribution is 2.32. The van der Waals surface area contributed by atoms with Crippen LogP contribution in [-0.2, 0) is 14.3 Å². The number of thiocarbonyl (C=S) groups is 1. The molecule has 6 nitrogen and oxygen atoms in total. The number of rotatable bonds is 10. The number of halogens is 1. The van der Waals surface area contributed by atoms with Gasteiger partial charge in [-0.05, 0) is 67.8 Å². The van der Waals surface area contributed by atoms with Crippen molar-refractivity contribution in [2.45, 2.75) is 32.6 Å². The maximum absolute atomic E-state index is 13.1. The molecule has 0 aromatic heterocycles. The topological polar surface area (TPSA) is 75.7 Å². The van der Waals surface area contributed by atoms with Crippen LogP contribution in [0, 0.1) is 5.82 Å². The van der Waals surface area contributed by atoms with E-state index in [-0.39, 0.29) is 17.6 Å². The Hall–Kier alpha value is -3.04. The fraction of sp³-hybridized carbons (Fsp3) is 0.280. The number of carbonyl (C=O) groups is 3. The SMILES string of the molecule is CCOC(=O)c1ccc(NC(=O)CCCCCN2C(=O)/C(=C/c3ccc(F)cc3)SC2=S)cc1. The fourth-order valence-electron chi connectivity index (χ4n) is 3.26. The molecule has 0 bridgehead atoms. The molecule has 0 spiro atoms. The predicted octanol–water partition coefficient (Wildman–Crippen LogP) is 5.40. The van der Waals surface area contributed by atoms with Crippen LogP contribution in [0.5, 0.6) is 0 Å². The molecule has 2 aromatic carbocycles. The van der Waals surface area contributed by atoms with Crippen molar-refractivity contribution >= 4 is 57.8 Å². The molecule has 0 saturated carbocycles. The lowest BCUT2D eigenvalue weighted by Crippen LogP contribution is -2.29. The first-order valence-electron chi connectivity index (χ1n) is 11.0. The van der Waals surface area contributed by atoms with Crippen LogP contribution >= 0.6 is 24.0 Å². The minimum Gasteiger partial charge on any atom is -0.462 e. The molecule has 0 aliphatic carbocycles. The van der Waals surface area contributed by atoms with E-state index in [9.17, 15) is 18.8 Å². The van der Waals surface area contributed by atoms with Gasteiger partial charge in [-0.25, -0.2) is 9.18 Å². The molecule has 0 radical (unpaired) electrons. The second-order valence-electron chi connectivity index (χ2n) is 7.54. The van der Waals surface area contributed by atoms with Crippen LogP contribution in [-0.4, -0.2) is 40.2 Å². The van der Waals surface area contributed by atoms with E-state index in [1.54, 1.807) is 54.3 Å². The second kappa shape index (κ2) is 12.4. The number of ether oxygens (including phenoxy) is 1. The van der Waals surface area contributed by atoms with E-state index < -0.39 is 5.97 Å². The molecule has 1 aliphatic heterocycles. The Kier molecular flexibility index (Phi) is 9.35. The van der Waals surface area contributed by atoms with Crippen LogP contribution < -0.4 is 5.32 Å². The van der Waals surface area contributed by atoms with Crippen molar-refractivity contribution in [1.29, 1.82) is 0 Å². The first kappa shape index (κ1) is 25.6. The van der Waals surface area contributed by atoms with E-state index in [0.29, 0.717) is 46.5 Å². The largest absolute Gasteiger partial charge is 0.462 e. The maximum atomic E-state index is 13.1. The average Bonchev–Trinajstić information content (AvgIpc) is 3.08. The molecule has 2 amide bonds. The number of esters is 1. The van der Waals surface area contributed by atoms with E-state index in [0.717, 1.165) is 18.4 Å². The molecule has 1 N–H and O–H groups in total. The predicted molar refractivity (Wildman–Crippen MR) is 136 cm³/mol. The highest BCUT2D eigenvalue weighted by Gasteiger charge is 2.31. The molecule has 1 heterocycles. The summed E-state index contributed by atoms with van der Waals surface area (Å²) >= 11 is 6.58. The summed E-state index contributed by atoms with van der Waals surface area (Å²) in [7, 11) is 0. The van der Waals surface area contributed by atoms with Crippen LogP contribution in [0.1, 0.15) is 48.5 Å². The third-order valence-electron chi connectivity index (χ3n) is 5.01. The molecule has 0 atom stereocenters. The van der Waals surface area contributed by atoms with Crippen molar-refractivity contribution in [2.24, 2.45) is 0 Å². The number of benzene rings is 2. The number of amides is 2. The van der Waals surface area contributed by atoms with Gasteiger partial charge in [-0.15, -0.1) is 0 Å². The minimum atomic E-state index is -0.396. The van der Waals surface area contributed by atoms with Gasteiger partial charge in [-0.3, -0.25) is 14.5 Å². The summed E-state index contributed by atoms with van der Waals surface area (Å²) in [5, 5.41) is 2.81. The monoisotopic (exact) mass is 500 g/mol. The van der Waals surface area contributed by atoms with Crippen molar-refractivity contribution < 1.29 is 23.5 Å². The molecule has 0 unspecified atom stereocenters. The molecule has 9 heteroatoms. The van der Waals surface area contributed by atoms with Gasteiger partial charge >= 0.3 is 5.97 Å². The molecule has 34 heavy (non-hydrogen) atoms. The van der Waals surface area contributed by atoms with Gasteiger partial charge < -0.3 is 10.1 Å². The van der Waals surface area contributed by atoms with Crippen molar-refractivity contribution in [1.82, 2.24) is 4.90 Å². The smallest absolute Gasteiger partial charge is 0.338 e. The van der Waals surface area contributed by atoms with Crippen molar-refractivity contribution in [3.05, 3.63) is 70.4 Å². The van der Waals surface area contributed by atoms with E-state index in [4.69, 9.17) is 17.0 Å². The van der Waals surface area contributed by atoms with Crippen molar-refractivity contribution in [2.75, 3.05) is 18.5 Å². The van der Waals surface area contributed by atoms with Gasteiger partial charge in [0.25, 0.3) is 5.91 Å². The second-order valence-corrected chi connectivity index (χ2v) is 9.22. The zero-order valence-electron chi connectivity index (χ0n) is 18.7. The van der Waals surface area contributed by atoms with Gasteiger partial charge in [0.15, 0.2) is 0 Å². The molecule has 2 aromatic rings. The van der Waals surface area contributed by atoms with Crippen LogP contribution in [0.15, 0.2) is 53.4 Å². The Morgan fingerprint density at radius 2 is 1.79 bits per heavy atom. The highest BCUT2D eigenvalue weighted by molar-refractivity contribution is 8.26. The van der Waals surface area contributed by atoms with Crippen molar-refractivity contribution in [3.63, 3.8) is 0 Å². The van der Waals surface area contributed by atoms with E-state index >= 15 is 0 Å². The maximum Gasteiger partial charge on any atom is 0.338 e. The molecular weight excluding hydrogens is 475 g/mol. The standard InChI is InChI=1S/C25H25FN2O4S2/c1-2-32-24(31)18-9-13-20(14-10-18)27-22(29)6-4-3-5-15-28-23(30)21(34-25(28)33)16-17-7-11-19(26)12-8-17/h7-14,16H,2-6,15H2,1H3,(H,27,29)/b21-16-. The summed E-state index contributed by atoms with van der Waals surface area (Å²) in [6.07, 6.45) is 4.22. The van der Waals surface area contributed by atoms with Gasteiger partial charge in [-0.2, -0.15) is 0 Å². The summed E-state index contributed by atoms with van der Waals surface area (Å²) in [6, 6.07) is 12.5. The Morgan fingerprint density at radius 1 is 1.09 bits per heavy atom. The lowest BCUT2D eigenvalue weighted by atomic mass is 10.1. The quantitative estimate of drug-likeness (QED) is 0.204. The molecule has 3 rings (SSSR count). The molecule has 1 saturated heterocycles. The number of unbranched alkanes of at least 4 members (excludes halogenated alkanes) is 2. The Labute approximate surface area is 207 Å². The Bertz CT molecular complexity index is 1090. The Balaban J connectivity index is 1.38. The van der Waals surface area contributed by atoms with E-state index in [1.165, 1.54) is 23.9 Å². The zero-order valence-corrected chi connectivity index (χ0v) is 20.3. The summed E-state index contributed by atoms with van der Waals surface area (Å²) < 4.78 is 18.5. The van der Waals surface area contributed by atoms with Crippen LogP contribution in [0.25, 0.3) is 6.08 Å². The lowest BCUT2D eigenvalue weighted by molar-refractivity contribution is -0.122. The zero-order chi connectivity index (χ0) is 24.5. The number of nitrogens with zero attached hydrogens (tertiary/aromatic N) is 1. The molecule has 1 aliphatic rings. The fourth-order valence-corrected chi connectivity index (χ4v) is 4.57. The summed E-state index contributed by atoms with van der Waals surface area (Å²) in [6.45, 7) is 2.54. The highest BCUT2D eigenvalue weighted by atomic mass is 32.2. The van der Waals surface area contributed by atoms with Gasteiger partial charge in [0.05, 0.1) is 17.1 Å². The molecular formula is C25H25FN2O4S2. The first-order chi connectivity index (χ1) is 16.4. The van der Waals surface area contributed by atoms with Crippen LogP contribution in [0.3, 0.4) is 0 Å². The van der Waals surface area contributed by atoms with Gasteiger partial charge in [-0.1, -0.05) is 42.5 Å². The van der Waals surface area contributed by atoms with E-state index in [1.807, 2.05) is 0 Å². The average molecular weight is 501 g/mol. The number of hydrogen-bond donors (Lipinski definition) is 1. The normalized spacial score (nSPS) is 14.5. The summed E-state index contributed by atoms with van der Waals surface area (Å²) in [5.41, 5.74) is 1.79. The number of thioether (sulfide) groups is 1. The number of hydrogen-bond acceptors (Lipinski definition) is 6. The van der Waals surface area contributed by atoms with Gasteiger partial charge in [0, 0.05) is 18.7 Å². The number of nitrogens with one attached hydrogen (secondary N) is 1. The van der Waals surface area contributed by atoms with Crippen LogP contribution in [0.2, 0.25) is 0 Å². The Morgan fingerprint density at radius 3 is 2.47 bits per heavy atom. The van der Waals surface area contributed by atoms with Crippen molar-refractivity contribution in [3.8, 4) is 0 Å². The molecule has 178 valence electrons. The third-order valence-corrected chi connectivity index (χ3v) is 6.38. The first-order valence-corrected chi connectivity index (χ1v) is 12.2. The number of anilines is 1. The minimum absolute atomic E-state index is 0.114. The third kappa shape index (κ3) is 7.23. The number of carbonyl (C=O) groups excluding carboxylic acids is 3. The van der Waals surface area contributed by atoms with Gasteiger partial charge in [0.1, 0.15) is 10.1 Å².